The largest absolute Gasteiger partial charge is 0.299 e. The maximum atomic E-state index is 7.19. The lowest BCUT2D eigenvalue weighted by molar-refractivity contribution is 0.271. The van der Waals surface area contributed by atoms with Gasteiger partial charge >= 0.3 is 0 Å². The van der Waals surface area contributed by atoms with E-state index in [0.29, 0.717) is 12.6 Å². The minimum absolute atomic E-state index is 0.579. The average molecular weight is 127 g/mol. The van der Waals surface area contributed by atoms with Gasteiger partial charge in [-0.3, -0.25) is 10.6 Å². The summed E-state index contributed by atoms with van der Waals surface area (Å²) < 4.78 is 0. The number of nitrogens with zero attached hydrogens (tertiary/aromatic N) is 1. The number of rotatable bonds is 2. The first-order valence-corrected chi connectivity index (χ1v) is 3.77. The smallest absolute Gasteiger partial charge is 0.0256 e. The van der Waals surface area contributed by atoms with E-state index in [1.807, 2.05) is 0 Å². The summed E-state index contributed by atoms with van der Waals surface area (Å²) in [5.74, 6) is 0. The van der Waals surface area contributed by atoms with Gasteiger partial charge in [-0.25, -0.2) is 0 Å². The Morgan fingerprint density at radius 3 is 2.89 bits per heavy atom. The molecule has 1 aliphatic heterocycles. The summed E-state index contributed by atoms with van der Waals surface area (Å²) in [5, 5.41) is 0. The van der Waals surface area contributed by atoms with Gasteiger partial charge in [-0.1, -0.05) is 6.92 Å². The lowest BCUT2D eigenvalue weighted by Gasteiger charge is -2.19. The van der Waals surface area contributed by atoms with Crippen molar-refractivity contribution in [3.63, 3.8) is 0 Å². The Kier molecular flexibility index (Phi) is 2.49. The van der Waals surface area contributed by atoms with Crippen LogP contribution in [-0.2, 0) is 0 Å². The molecule has 1 saturated heterocycles. The van der Waals surface area contributed by atoms with Crippen LogP contribution in [0.15, 0.2) is 0 Å². The van der Waals surface area contributed by atoms with Gasteiger partial charge in [0.25, 0.3) is 0 Å². The number of likely N-dealkylation sites (N-methyl/N-ethyl adjacent to an activating group) is 1. The highest BCUT2D eigenvalue weighted by Gasteiger charge is 2.20. The summed E-state index contributed by atoms with van der Waals surface area (Å²) in [7, 11) is 0. The first kappa shape index (κ1) is 7.03. The molecule has 2 heteroatoms. The zero-order valence-corrected chi connectivity index (χ0v) is 6.06. The van der Waals surface area contributed by atoms with Gasteiger partial charge < -0.3 is 0 Å². The van der Waals surface area contributed by atoms with Crippen molar-refractivity contribution in [1.82, 2.24) is 10.6 Å². The molecule has 0 aromatic carbocycles. The van der Waals surface area contributed by atoms with E-state index in [2.05, 4.69) is 11.8 Å². The number of likely N-dealkylation sites (tertiary alicyclic amines) is 1. The first-order chi connectivity index (χ1) is 4.38. The van der Waals surface area contributed by atoms with Crippen molar-refractivity contribution in [1.29, 1.82) is 0 Å². The van der Waals surface area contributed by atoms with E-state index < -0.39 is 0 Å². The second-order valence-electron chi connectivity index (χ2n) is 2.63. The van der Waals surface area contributed by atoms with Gasteiger partial charge in [0.1, 0.15) is 0 Å². The van der Waals surface area contributed by atoms with E-state index in [1.165, 1.54) is 19.4 Å². The summed E-state index contributed by atoms with van der Waals surface area (Å²) >= 11 is 0. The van der Waals surface area contributed by atoms with E-state index >= 15 is 0 Å². The third-order valence-electron chi connectivity index (χ3n) is 2.14. The Morgan fingerprint density at radius 2 is 2.44 bits per heavy atom. The van der Waals surface area contributed by atoms with E-state index in [-0.39, 0.29) is 0 Å². The summed E-state index contributed by atoms with van der Waals surface area (Å²) in [6.45, 7) is 5.12. The molecule has 2 nitrogen and oxygen atoms in total. The van der Waals surface area contributed by atoms with Gasteiger partial charge in [0.05, 0.1) is 0 Å². The Labute approximate surface area is 57.0 Å². The van der Waals surface area contributed by atoms with Crippen LogP contribution in [0.25, 0.3) is 0 Å². The quantitative estimate of drug-likeness (QED) is 0.538. The molecule has 1 radical (unpaired) electrons. The molecule has 0 saturated carbocycles. The highest BCUT2D eigenvalue weighted by Crippen LogP contribution is 2.14. The summed E-state index contributed by atoms with van der Waals surface area (Å²) in [4.78, 5) is 2.40. The van der Waals surface area contributed by atoms with E-state index in [0.717, 1.165) is 6.54 Å². The molecule has 1 fully saturated rings. The van der Waals surface area contributed by atoms with Crippen LogP contribution < -0.4 is 5.73 Å². The van der Waals surface area contributed by atoms with Crippen molar-refractivity contribution in [2.24, 2.45) is 0 Å². The Morgan fingerprint density at radius 1 is 1.67 bits per heavy atom. The van der Waals surface area contributed by atoms with Crippen LogP contribution >= 0.6 is 0 Å². The highest BCUT2D eigenvalue weighted by atomic mass is 15.2. The number of hydrogen-bond acceptors (Lipinski definition) is 1. The topological polar surface area (TPSA) is 27.0 Å². The van der Waals surface area contributed by atoms with Crippen molar-refractivity contribution >= 4 is 0 Å². The molecule has 0 aromatic rings. The van der Waals surface area contributed by atoms with Crippen LogP contribution in [-0.4, -0.2) is 30.6 Å². The molecule has 1 N–H and O–H groups in total. The third-order valence-corrected chi connectivity index (χ3v) is 2.14. The molecule has 0 spiro atoms. The normalized spacial score (nSPS) is 29.3. The molecule has 0 bridgehead atoms. The fourth-order valence-corrected chi connectivity index (χ4v) is 1.54. The molecule has 0 unspecified atom stereocenters. The molecule has 0 aliphatic carbocycles. The average Bonchev–Trinajstić information content (AvgIpc) is 2.33. The lowest BCUT2D eigenvalue weighted by Crippen LogP contribution is -2.32. The maximum Gasteiger partial charge on any atom is 0.0256 e. The predicted octanol–water partition coefficient (Wildman–Crippen LogP) is 0.754. The zero-order chi connectivity index (χ0) is 6.69. The number of nitrogens with one attached hydrogen (secondary N) is 1. The SMILES string of the molecule is CCN1CCC[C@@H]1C[NH]. The van der Waals surface area contributed by atoms with Crippen molar-refractivity contribution in [3.05, 3.63) is 0 Å². The third kappa shape index (κ3) is 1.43. The van der Waals surface area contributed by atoms with Crippen LogP contribution in [0.3, 0.4) is 0 Å². The van der Waals surface area contributed by atoms with E-state index in [4.69, 9.17) is 5.73 Å². The molecule has 1 aliphatic rings. The summed E-state index contributed by atoms with van der Waals surface area (Å²) in [5.41, 5.74) is 7.19. The van der Waals surface area contributed by atoms with Gasteiger partial charge in [-0.05, 0) is 25.9 Å². The van der Waals surface area contributed by atoms with Crippen molar-refractivity contribution in [2.45, 2.75) is 25.8 Å². The van der Waals surface area contributed by atoms with Crippen LogP contribution in [0.1, 0.15) is 19.8 Å². The molecular formula is C7H15N2. The Hall–Kier alpha value is -0.0800. The summed E-state index contributed by atoms with van der Waals surface area (Å²) in [6.07, 6.45) is 2.55. The molecule has 0 aromatic heterocycles. The fourth-order valence-electron chi connectivity index (χ4n) is 1.54. The van der Waals surface area contributed by atoms with Gasteiger partial charge in [-0.2, -0.15) is 0 Å². The van der Waals surface area contributed by atoms with Crippen molar-refractivity contribution < 1.29 is 0 Å². The van der Waals surface area contributed by atoms with E-state index in [9.17, 15) is 0 Å². The Balaban J connectivity index is 2.32. The van der Waals surface area contributed by atoms with E-state index in [1.54, 1.807) is 0 Å². The van der Waals surface area contributed by atoms with Crippen LogP contribution in [0, 0.1) is 0 Å². The molecule has 1 heterocycles. The van der Waals surface area contributed by atoms with Gasteiger partial charge in [0.15, 0.2) is 0 Å². The maximum absolute atomic E-state index is 7.19. The van der Waals surface area contributed by atoms with Crippen LogP contribution in [0.4, 0.5) is 0 Å². The second kappa shape index (κ2) is 3.18. The van der Waals surface area contributed by atoms with Crippen molar-refractivity contribution in [3.8, 4) is 0 Å². The molecule has 53 valence electrons. The van der Waals surface area contributed by atoms with Gasteiger partial charge in [-0.15, -0.1) is 0 Å². The predicted molar refractivity (Wildman–Crippen MR) is 38.2 cm³/mol. The molecule has 1 rings (SSSR count). The standard InChI is InChI=1S/C7H15N2/c1-2-9-5-3-4-7(9)6-8/h7-8H,2-6H2,1H3/t7-/m1/s1. The Bertz CT molecular complexity index is 73.0. The van der Waals surface area contributed by atoms with Gasteiger partial charge in [0.2, 0.25) is 0 Å². The second-order valence-corrected chi connectivity index (χ2v) is 2.63. The summed E-state index contributed by atoms with van der Waals surface area (Å²) in [6, 6.07) is 0.579. The fraction of sp³-hybridized carbons (Fsp3) is 1.00. The minimum atomic E-state index is 0.579. The van der Waals surface area contributed by atoms with Gasteiger partial charge in [0, 0.05) is 12.6 Å². The van der Waals surface area contributed by atoms with Crippen LogP contribution in [0.5, 0.6) is 0 Å². The molecule has 9 heavy (non-hydrogen) atoms. The first-order valence-electron chi connectivity index (χ1n) is 3.77. The lowest BCUT2D eigenvalue weighted by atomic mass is 10.2. The van der Waals surface area contributed by atoms with Crippen LogP contribution in [0.2, 0.25) is 0 Å². The number of hydrogen-bond donors (Lipinski definition) is 0. The monoisotopic (exact) mass is 127 g/mol. The highest BCUT2D eigenvalue weighted by molar-refractivity contribution is 4.77. The molecular weight excluding hydrogens is 112 g/mol. The molecule has 0 amide bonds. The van der Waals surface area contributed by atoms with Crippen molar-refractivity contribution in [2.75, 3.05) is 19.6 Å². The zero-order valence-electron chi connectivity index (χ0n) is 6.06. The minimum Gasteiger partial charge on any atom is -0.299 e. The molecule has 1 atom stereocenters.